The molecule has 9 heteroatoms. The van der Waals surface area contributed by atoms with Gasteiger partial charge in [0, 0.05) is 17.3 Å². The number of aryl methyl sites for hydroxylation is 2. The zero-order chi connectivity index (χ0) is 20.6. The topological polar surface area (TPSA) is 82.8 Å². The molecule has 2 heterocycles. The molecule has 0 unspecified atom stereocenters. The van der Waals surface area contributed by atoms with E-state index >= 15 is 0 Å². The average molecular weight is 402 g/mol. The van der Waals surface area contributed by atoms with Crippen molar-refractivity contribution >= 4 is 11.6 Å². The fourth-order valence-corrected chi connectivity index (χ4v) is 2.80. The number of ether oxygens (including phenoxy) is 3. The third-order valence-corrected chi connectivity index (χ3v) is 4.34. The number of nitrogens with one attached hydrogen (secondary N) is 1. The number of fused-ring (bicyclic) bond motifs is 1. The summed E-state index contributed by atoms with van der Waals surface area (Å²) in [7, 11) is 0. The smallest absolute Gasteiger partial charge is 0.489 e. The number of carbonyl (C=O) groups is 1. The molecule has 2 aromatic carbocycles. The molecule has 0 spiro atoms. The van der Waals surface area contributed by atoms with E-state index in [1.807, 2.05) is 13.8 Å². The quantitative estimate of drug-likeness (QED) is 0.679. The normalized spacial score (nSPS) is 13.9. The molecule has 7 nitrogen and oxygen atoms in total. The lowest BCUT2D eigenvalue weighted by molar-refractivity contribution is -0.286. The Kier molecular flexibility index (Phi) is 4.57. The van der Waals surface area contributed by atoms with Gasteiger partial charge >= 0.3 is 6.29 Å². The molecule has 1 aliphatic rings. The van der Waals surface area contributed by atoms with Crippen molar-refractivity contribution in [2.45, 2.75) is 26.7 Å². The molecule has 1 amide bonds. The molecule has 0 fully saturated rings. The zero-order valence-corrected chi connectivity index (χ0v) is 15.5. The fraction of sp³-hybridized carbons (Fsp3) is 0.200. The molecule has 0 saturated heterocycles. The highest BCUT2D eigenvalue weighted by molar-refractivity contribution is 6.04. The van der Waals surface area contributed by atoms with Gasteiger partial charge in [0.05, 0.1) is 11.3 Å². The van der Waals surface area contributed by atoms with Gasteiger partial charge in [0.2, 0.25) is 0 Å². The Bertz CT molecular complexity index is 1040. The molecule has 4 rings (SSSR count). The van der Waals surface area contributed by atoms with E-state index in [-0.39, 0.29) is 11.5 Å². The SMILES string of the molecule is Cc1noc(C)c1COc1ccc(C(=O)Nc2ccc3c(c2)OC(F)(F)O3)cc1. The Morgan fingerprint density at radius 3 is 2.52 bits per heavy atom. The number of hydrogen-bond acceptors (Lipinski definition) is 6. The van der Waals surface area contributed by atoms with E-state index in [9.17, 15) is 13.6 Å². The van der Waals surface area contributed by atoms with Crippen LogP contribution in [0.4, 0.5) is 14.5 Å². The van der Waals surface area contributed by atoms with Gasteiger partial charge in [-0.15, -0.1) is 8.78 Å². The fourth-order valence-electron chi connectivity index (χ4n) is 2.80. The van der Waals surface area contributed by atoms with Gasteiger partial charge in [-0.25, -0.2) is 0 Å². The van der Waals surface area contributed by atoms with E-state index in [4.69, 9.17) is 9.26 Å². The Morgan fingerprint density at radius 1 is 1.10 bits per heavy atom. The number of hydrogen-bond donors (Lipinski definition) is 1. The minimum atomic E-state index is -3.70. The van der Waals surface area contributed by atoms with Crippen molar-refractivity contribution in [2.75, 3.05) is 5.32 Å². The highest BCUT2D eigenvalue weighted by atomic mass is 19.3. The summed E-state index contributed by atoms with van der Waals surface area (Å²) < 4.78 is 45.6. The third kappa shape index (κ3) is 3.98. The molecule has 1 aromatic heterocycles. The Morgan fingerprint density at radius 2 is 1.83 bits per heavy atom. The van der Waals surface area contributed by atoms with Crippen LogP contribution in [0.3, 0.4) is 0 Å². The third-order valence-electron chi connectivity index (χ3n) is 4.34. The lowest BCUT2D eigenvalue weighted by Gasteiger charge is -2.08. The maximum atomic E-state index is 13.1. The number of carbonyl (C=O) groups excluding carboxylic acids is 1. The van der Waals surface area contributed by atoms with E-state index in [0.717, 1.165) is 11.3 Å². The molecule has 0 atom stereocenters. The van der Waals surface area contributed by atoms with Gasteiger partial charge in [-0.1, -0.05) is 5.16 Å². The first kappa shape index (κ1) is 18.7. The van der Waals surface area contributed by atoms with Gasteiger partial charge in [-0.2, -0.15) is 0 Å². The van der Waals surface area contributed by atoms with Crippen LogP contribution >= 0.6 is 0 Å². The first-order valence-corrected chi connectivity index (χ1v) is 8.66. The summed E-state index contributed by atoms with van der Waals surface area (Å²) in [6.45, 7) is 3.94. The van der Waals surface area contributed by atoms with Crippen molar-refractivity contribution in [1.82, 2.24) is 5.16 Å². The van der Waals surface area contributed by atoms with Gasteiger partial charge < -0.3 is 24.1 Å². The summed E-state index contributed by atoms with van der Waals surface area (Å²) in [5, 5.41) is 6.49. The van der Waals surface area contributed by atoms with E-state index in [0.29, 0.717) is 29.4 Å². The summed E-state index contributed by atoms with van der Waals surface area (Å²) in [5.74, 6) is 0.628. The van der Waals surface area contributed by atoms with Crippen LogP contribution in [0, 0.1) is 13.8 Å². The number of benzene rings is 2. The largest absolute Gasteiger partial charge is 0.586 e. The van der Waals surface area contributed by atoms with E-state index < -0.39 is 12.2 Å². The van der Waals surface area contributed by atoms with Crippen LogP contribution in [0.2, 0.25) is 0 Å². The monoisotopic (exact) mass is 402 g/mol. The number of aromatic nitrogens is 1. The Labute approximate surface area is 164 Å². The van der Waals surface area contributed by atoms with Gasteiger partial charge in [0.1, 0.15) is 18.1 Å². The van der Waals surface area contributed by atoms with Crippen LogP contribution in [0.5, 0.6) is 17.2 Å². The maximum Gasteiger partial charge on any atom is 0.586 e. The second-order valence-corrected chi connectivity index (χ2v) is 6.40. The highest BCUT2D eigenvalue weighted by Gasteiger charge is 2.43. The van der Waals surface area contributed by atoms with Crippen molar-refractivity contribution < 1.29 is 32.3 Å². The van der Waals surface area contributed by atoms with E-state index in [1.165, 1.54) is 18.2 Å². The molecule has 0 bridgehead atoms. The minimum absolute atomic E-state index is 0.0900. The molecule has 0 radical (unpaired) electrons. The Hall–Kier alpha value is -3.62. The number of alkyl halides is 2. The van der Waals surface area contributed by atoms with Crippen LogP contribution < -0.4 is 19.5 Å². The van der Waals surface area contributed by atoms with Crippen molar-refractivity contribution in [3.63, 3.8) is 0 Å². The van der Waals surface area contributed by atoms with Gasteiger partial charge in [-0.05, 0) is 50.2 Å². The number of anilines is 1. The zero-order valence-electron chi connectivity index (χ0n) is 15.5. The first-order valence-electron chi connectivity index (χ1n) is 8.66. The van der Waals surface area contributed by atoms with Gasteiger partial charge in [0.15, 0.2) is 11.5 Å². The molecule has 3 aromatic rings. The molecule has 1 aliphatic heterocycles. The van der Waals surface area contributed by atoms with Crippen LogP contribution in [0.25, 0.3) is 0 Å². The minimum Gasteiger partial charge on any atom is -0.489 e. The van der Waals surface area contributed by atoms with Crippen molar-refractivity contribution in [1.29, 1.82) is 0 Å². The van der Waals surface area contributed by atoms with Gasteiger partial charge in [-0.3, -0.25) is 4.79 Å². The number of rotatable bonds is 5. The molecule has 0 saturated carbocycles. The predicted octanol–water partition coefficient (Wildman–Crippen LogP) is 4.44. The average Bonchev–Trinajstić information content (AvgIpc) is 3.16. The Balaban J connectivity index is 1.39. The lowest BCUT2D eigenvalue weighted by Crippen LogP contribution is -2.25. The number of nitrogens with zero attached hydrogens (tertiary/aromatic N) is 1. The van der Waals surface area contributed by atoms with Gasteiger partial charge in [0.25, 0.3) is 5.91 Å². The molecule has 29 heavy (non-hydrogen) atoms. The van der Waals surface area contributed by atoms with Crippen LogP contribution in [0.15, 0.2) is 47.0 Å². The van der Waals surface area contributed by atoms with E-state index in [2.05, 4.69) is 19.9 Å². The summed E-state index contributed by atoms with van der Waals surface area (Å²) >= 11 is 0. The van der Waals surface area contributed by atoms with Crippen LogP contribution in [0.1, 0.15) is 27.4 Å². The molecule has 1 N–H and O–H groups in total. The highest BCUT2D eigenvalue weighted by Crippen LogP contribution is 2.42. The summed E-state index contributed by atoms with van der Waals surface area (Å²) in [6.07, 6.45) is -3.70. The molecule has 0 aliphatic carbocycles. The van der Waals surface area contributed by atoms with E-state index in [1.54, 1.807) is 24.3 Å². The molecular formula is C20H16F2N2O5. The predicted molar refractivity (Wildman–Crippen MR) is 97.3 cm³/mol. The van der Waals surface area contributed by atoms with Crippen LogP contribution in [-0.4, -0.2) is 17.4 Å². The summed E-state index contributed by atoms with van der Waals surface area (Å²) in [4.78, 5) is 12.4. The second kappa shape index (κ2) is 7.08. The molecular weight excluding hydrogens is 386 g/mol. The van der Waals surface area contributed by atoms with Crippen molar-refractivity contribution in [3.8, 4) is 17.2 Å². The van der Waals surface area contributed by atoms with Crippen molar-refractivity contribution in [3.05, 3.63) is 65.0 Å². The standard InChI is InChI=1S/C20H16F2N2O5/c1-11-16(12(2)29-24-11)10-26-15-6-3-13(4-7-15)19(25)23-14-5-8-17-18(9-14)28-20(21,22)27-17/h3-9H,10H2,1-2H3,(H,23,25). The summed E-state index contributed by atoms with van der Waals surface area (Å²) in [6, 6.07) is 10.5. The van der Waals surface area contributed by atoms with Crippen molar-refractivity contribution in [2.24, 2.45) is 0 Å². The lowest BCUT2D eigenvalue weighted by atomic mass is 10.2. The maximum absolute atomic E-state index is 13.1. The molecule has 150 valence electrons. The number of amides is 1. The first-order chi connectivity index (χ1) is 13.8. The second-order valence-electron chi connectivity index (χ2n) is 6.40. The van der Waals surface area contributed by atoms with Crippen LogP contribution in [-0.2, 0) is 6.61 Å². The number of halogens is 2. The summed E-state index contributed by atoms with van der Waals surface area (Å²) in [5.41, 5.74) is 2.31.